The number of alkyl halides is 3. The number of nitrogens with zero attached hydrogens (tertiary/aromatic N) is 2. The lowest BCUT2D eigenvalue weighted by Gasteiger charge is -2.26. The van der Waals surface area contributed by atoms with E-state index in [2.05, 4.69) is 10.4 Å². The molecule has 0 amide bonds. The Hall–Kier alpha value is -0.690. The van der Waals surface area contributed by atoms with E-state index < -0.39 is 12.7 Å². The van der Waals surface area contributed by atoms with Gasteiger partial charge in [0, 0.05) is 29.1 Å². The lowest BCUT2D eigenvalue weighted by molar-refractivity contribution is -0.142. The van der Waals surface area contributed by atoms with Crippen LogP contribution in [0.2, 0.25) is 0 Å². The molecular weight excluding hydrogens is 299 g/mol. The highest BCUT2D eigenvalue weighted by molar-refractivity contribution is 7.99. The van der Waals surface area contributed by atoms with E-state index in [0.29, 0.717) is 17.4 Å². The molecule has 1 N–H and O–H groups in total. The van der Waals surface area contributed by atoms with E-state index in [0.717, 1.165) is 22.4 Å². The Kier molecular flexibility index (Phi) is 5.24. The maximum atomic E-state index is 12.6. The van der Waals surface area contributed by atoms with Crippen molar-refractivity contribution < 1.29 is 13.2 Å². The van der Waals surface area contributed by atoms with Crippen LogP contribution >= 0.6 is 11.8 Å². The molecule has 0 saturated carbocycles. The molecule has 21 heavy (non-hydrogen) atoms. The van der Waals surface area contributed by atoms with Gasteiger partial charge < -0.3 is 5.32 Å². The number of aromatic nitrogens is 2. The van der Waals surface area contributed by atoms with E-state index in [1.54, 1.807) is 13.8 Å². The van der Waals surface area contributed by atoms with Gasteiger partial charge in [-0.1, -0.05) is 0 Å². The van der Waals surface area contributed by atoms with Crippen LogP contribution in [0.4, 0.5) is 13.2 Å². The van der Waals surface area contributed by atoms with E-state index >= 15 is 0 Å². The van der Waals surface area contributed by atoms with Crippen molar-refractivity contribution in [3.05, 3.63) is 17.0 Å². The van der Waals surface area contributed by atoms with Crippen LogP contribution in [0.1, 0.15) is 42.8 Å². The number of nitrogens with one attached hydrogen (secondary N) is 1. The van der Waals surface area contributed by atoms with Crippen molar-refractivity contribution in [3.8, 4) is 0 Å². The molecular formula is C14H22F3N3S. The van der Waals surface area contributed by atoms with Crippen LogP contribution in [0.25, 0.3) is 0 Å². The fourth-order valence-electron chi connectivity index (χ4n) is 2.97. The molecule has 1 saturated heterocycles. The summed E-state index contributed by atoms with van der Waals surface area (Å²) in [4.78, 5) is 0. The van der Waals surface area contributed by atoms with Gasteiger partial charge in [0.05, 0.1) is 5.69 Å². The molecule has 120 valence electrons. The molecule has 2 atom stereocenters. The van der Waals surface area contributed by atoms with E-state index in [1.807, 2.05) is 18.7 Å². The van der Waals surface area contributed by atoms with E-state index in [-0.39, 0.29) is 6.04 Å². The Morgan fingerprint density at radius 3 is 2.71 bits per heavy atom. The van der Waals surface area contributed by atoms with Gasteiger partial charge in [-0.05, 0) is 39.4 Å². The van der Waals surface area contributed by atoms with Gasteiger partial charge in [0.2, 0.25) is 0 Å². The van der Waals surface area contributed by atoms with E-state index in [1.165, 1.54) is 12.2 Å². The van der Waals surface area contributed by atoms with Gasteiger partial charge >= 0.3 is 6.18 Å². The van der Waals surface area contributed by atoms with Gasteiger partial charge in [-0.2, -0.15) is 30.0 Å². The van der Waals surface area contributed by atoms with Crippen molar-refractivity contribution in [3.63, 3.8) is 0 Å². The van der Waals surface area contributed by atoms with Crippen molar-refractivity contribution in [1.82, 2.24) is 15.1 Å². The number of halogens is 3. The Morgan fingerprint density at radius 2 is 2.14 bits per heavy atom. The van der Waals surface area contributed by atoms with Gasteiger partial charge in [0.25, 0.3) is 0 Å². The first-order chi connectivity index (χ1) is 9.78. The summed E-state index contributed by atoms with van der Waals surface area (Å²) in [5, 5.41) is 7.60. The summed E-state index contributed by atoms with van der Waals surface area (Å²) in [5.41, 5.74) is 2.18. The second-order valence-corrected chi connectivity index (χ2v) is 6.81. The first kappa shape index (κ1) is 16.7. The van der Waals surface area contributed by atoms with Crippen molar-refractivity contribution in [2.75, 3.05) is 11.5 Å². The third-order valence-electron chi connectivity index (χ3n) is 3.85. The summed E-state index contributed by atoms with van der Waals surface area (Å²) < 4.78 is 38.7. The topological polar surface area (TPSA) is 29.9 Å². The minimum absolute atomic E-state index is 0.0238. The van der Waals surface area contributed by atoms with Crippen LogP contribution in [0.5, 0.6) is 0 Å². The normalized spacial score (nSPS) is 21.5. The monoisotopic (exact) mass is 321 g/mol. The smallest absolute Gasteiger partial charge is 0.306 e. The molecule has 1 aliphatic heterocycles. The lowest BCUT2D eigenvalue weighted by atomic mass is 10.0. The van der Waals surface area contributed by atoms with Crippen LogP contribution in [-0.2, 0) is 6.54 Å². The zero-order valence-electron chi connectivity index (χ0n) is 12.6. The number of thioether (sulfide) groups is 1. The van der Waals surface area contributed by atoms with Gasteiger partial charge in [0.15, 0.2) is 0 Å². The summed E-state index contributed by atoms with van der Waals surface area (Å²) in [6, 6.07) is 0.458. The Balaban J connectivity index is 2.11. The Morgan fingerprint density at radius 1 is 1.43 bits per heavy atom. The first-order valence-corrected chi connectivity index (χ1v) is 8.38. The molecule has 1 fully saturated rings. The molecule has 0 bridgehead atoms. The molecule has 2 heterocycles. The molecule has 3 nitrogen and oxygen atoms in total. The van der Waals surface area contributed by atoms with Crippen LogP contribution in [0.15, 0.2) is 0 Å². The number of hydrogen-bond acceptors (Lipinski definition) is 3. The van der Waals surface area contributed by atoms with Gasteiger partial charge in [-0.15, -0.1) is 0 Å². The van der Waals surface area contributed by atoms with Crippen molar-refractivity contribution >= 4 is 11.8 Å². The molecule has 0 radical (unpaired) electrons. The summed E-state index contributed by atoms with van der Waals surface area (Å²) in [7, 11) is 0. The standard InChI is InChI=1S/C14H22F3N3S/c1-9(18-12-5-4-6-21-7-12)13-10(2)19-20(11(13)3)8-14(15,16)17/h9,12,18H,4-8H2,1-3H3. The quantitative estimate of drug-likeness (QED) is 0.919. The van der Waals surface area contributed by atoms with Crippen molar-refractivity contribution in [1.29, 1.82) is 0 Å². The largest absolute Gasteiger partial charge is 0.408 e. The third-order valence-corrected chi connectivity index (χ3v) is 5.06. The molecule has 0 spiro atoms. The summed E-state index contributed by atoms with van der Waals surface area (Å²) in [5.74, 6) is 2.27. The Bertz CT molecular complexity index is 479. The maximum absolute atomic E-state index is 12.6. The zero-order chi connectivity index (χ0) is 15.6. The molecule has 7 heteroatoms. The van der Waals surface area contributed by atoms with Crippen LogP contribution in [0.3, 0.4) is 0 Å². The van der Waals surface area contributed by atoms with Gasteiger partial charge in [0.1, 0.15) is 6.54 Å². The molecule has 1 aromatic heterocycles. The second-order valence-electron chi connectivity index (χ2n) is 5.66. The number of aryl methyl sites for hydroxylation is 1. The zero-order valence-corrected chi connectivity index (χ0v) is 13.4. The highest BCUT2D eigenvalue weighted by Crippen LogP contribution is 2.26. The van der Waals surface area contributed by atoms with Gasteiger partial charge in [-0.25, -0.2) is 0 Å². The average molecular weight is 321 g/mol. The SMILES string of the molecule is Cc1nn(CC(F)(F)F)c(C)c1C(C)NC1CCCSC1. The predicted octanol–water partition coefficient (Wildman–Crippen LogP) is 3.61. The van der Waals surface area contributed by atoms with Crippen LogP contribution < -0.4 is 5.32 Å². The van der Waals surface area contributed by atoms with Crippen molar-refractivity contribution in [2.24, 2.45) is 0 Å². The molecule has 2 rings (SSSR count). The van der Waals surface area contributed by atoms with E-state index in [4.69, 9.17) is 0 Å². The minimum Gasteiger partial charge on any atom is -0.306 e. The highest BCUT2D eigenvalue weighted by atomic mass is 32.2. The summed E-state index contributed by atoms with van der Waals surface area (Å²) in [6.07, 6.45) is -1.91. The van der Waals surface area contributed by atoms with Crippen LogP contribution in [0, 0.1) is 13.8 Å². The fourth-order valence-corrected chi connectivity index (χ4v) is 4.06. The molecule has 0 aromatic carbocycles. The average Bonchev–Trinajstić information content (AvgIpc) is 2.63. The minimum atomic E-state index is -4.24. The van der Waals surface area contributed by atoms with Gasteiger partial charge in [-0.3, -0.25) is 4.68 Å². The first-order valence-electron chi connectivity index (χ1n) is 7.22. The molecule has 0 aliphatic carbocycles. The fraction of sp³-hybridized carbons (Fsp3) is 0.786. The van der Waals surface area contributed by atoms with E-state index in [9.17, 15) is 13.2 Å². The summed E-state index contributed by atoms with van der Waals surface area (Å²) in [6.45, 7) is 4.48. The third kappa shape index (κ3) is 4.39. The molecule has 1 aliphatic rings. The maximum Gasteiger partial charge on any atom is 0.408 e. The molecule has 2 unspecified atom stereocenters. The Labute approximate surface area is 127 Å². The highest BCUT2D eigenvalue weighted by Gasteiger charge is 2.31. The molecule has 1 aromatic rings. The predicted molar refractivity (Wildman–Crippen MR) is 79.7 cm³/mol. The van der Waals surface area contributed by atoms with Crippen LogP contribution in [-0.4, -0.2) is 33.5 Å². The number of hydrogen-bond donors (Lipinski definition) is 1. The number of rotatable bonds is 4. The second kappa shape index (κ2) is 6.60. The van der Waals surface area contributed by atoms with Crippen molar-refractivity contribution in [2.45, 2.75) is 58.4 Å². The lowest BCUT2D eigenvalue weighted by Crippen LogP contribution is -2.36. The summed E-state index contributed by atoms with van der Waals surface area (Å²) >= 11 is 1.93.